The molecule has 3 aromatic carbocycles. The number of phenolic OH excluding ortho intramolecular Hbond substituents is 1. The highest BCUT2D eigenvalue weighted by molar-refractivity contribution is 6.00. The first kappa shape index (κ1) is 16.9. The summed E-state index contributed by atoms with van der Waals surface area (Å²) < 4.78 is 0. The zero-order chi connectivity index (χ0) is 17.6. The van der Waals surface area contributed by atoms with Crippen molar-refractivity contribution in [1.82, 2.24) is 5.32 Å². The first-order valence-corrected chi connectivity index (χ1v) is 8.30. The lowest BCUT2D eigenvalue weighted by atomic mass is 9.96. The summed E-state index contributed by atoms with van der Waals surface area (Å²) in [5, 5.41) is 13.1. The van der Waals surface area contributed by atoms with E-state index in [9.17, 15) is 9.90 Å². The molecule has 3 nitrogen and oxygen atoms in total. The normalized spacial score (nSPS) is 11.9. The van der Waals surface area contributed by atoms with Crippen LogP contribution < -0.4 is 5.32 Å². The summed E-state index contributed by atoms with van der Waals surface area (Å²) in [6.45, 7) is 2.54. The van der Waals surface area contributed by atoms with Crippen LogP contribution in [-0.2, 0) is 6.54 Å². The topological polar surface area (TPSA) is 49.3 Å². The zero-order valence-electron chi connectivity index (χ0n) is 14.1. The number of benzene rings is 3. The number of aryl methyl sites for hydroxylation is 1. The number of aromatic hydroxyl groups is 1. The standard InChI is InChI=1S/C22H21NO2/c1-16-7-5-11-19(13-16)22(25)21(18-10-6-12-20(24)14-18)23-15-17-8-3-2-4-9-17/h2-14,21,23-24H,15H2,1H3. The fraction of sp³-hybridized carbons (Fsp3) is 0.136. The SMILES string of the molecule is Cc1cccc(C(=O)C(NCc2ccccc2)c2cccc(O)c2)c1. The highest BCUT2D eigenvalue weighted by atomic mass is 16.3. The van der Waals surface area contributed by atoms with Crippen LogP contribution in [0.2, 0.25) is 0 Å². The lowest BCUT2D eigenvalue weighted by Gasteiger charge is -2.19. The Hall–Kier alpha value is -2.91. The molecule has 2 N–H and O–H groups in total. The highest BCUT2D eigenvalue weighted by Gasteiger charge is 2.22. The average molecular weight is 331 g/mol. The summed E-state index contributed by atoms with van der Waals surface area (Å²) in [6, 6.07) is 23.9. The number of hydrogen-bond acceptors (Lipinski definition) is 3. The van der Waals surface area contributed by atoms with Crippen LogP contribution in [0.25, 0.3) is 0 Å². The van der Waals surface area contributed by atoms with Gasteiger partial charge in [-0.05, 0) is 36.2 Å². The minimum atomic E-state index is -0.519. The first-order chi connectivity index (χ1) is 12.1. The third kappa shape index (κ3) is 4.34. The molecular weight excluding hydrogens is 310 g/mol. The van der Waals surface area contributed by atoms with E-state index in [2.05, 4.69) is 5.32 Å². The van der Waals surface area contributed by atoms with E-state index in [0.29, 0.717) is 12.1 Å². The van der Waals surface area contributed by atoms with Crippen LogP contribution in [0, 0.1) is 6.92 Å². The molecule has 25 heavy (non-hydrogen) atoms. The minimum Gasteiger partial charge on any atom is -0.508 e. The van der Waals surface area contributed by atoms with E-state index in [1.165, 1.54) is 0 Å². The molecule has 0 bridgehead atoms. The molecule has 3 heteroatoms. The van der Waals surface area contributed by atoms with Crippen LogP contribution >= 0.6 is 0 Å². The molecule has 0 amide bonds. The number of phenols is 1. The Labute approximate surface area is 148 Å². The molecule has 0 spiro atoms. The Morgan fingerprint density at radius 1 is 0.960 bits per heavy atom. The summed E-state index contributed by atoms with van der Waals surface area (Å²) >= 11 is 0. The number of nitrogens with one attached hydrogen (secondary N) is 1. The van der Waals surface area contributed by atoms with E-state index in [1.54, 1.807) is 18.2 Å². The predicted molar refractivity (Wildman–Crippen MR) is 99.6 cm³/mol. The van der Waals surface area contributed by atoms with Gasteiger partial charge in [0.25, 0.3) is 0 Å². The molecule has 0 fully saturated rings. The molecule has 0 aliphatic heterocycles. The van der Waals surface area contributed by atoms with Gasteiger partial charge in [-0.1, -0.05) is 66.2 Å². The molecule has 126 valence electrons. The van der Waals surface area contributed by atoms with Crippen molar-refractivity contribution in [3.8, 4) is 5.75 Å². The quantitative estimate of drug-likeness (QED) is 0.658. The van der Waals surface area contributed by atoms with Gasteiger partial charge in [-0.15, -0.1) is 0 Å². The van der Waals surface area contributed by atoms with Crippen LogP contribution in [0.1, 0.15) is 33.1 Å². The van der Waals surface area contributed by atoms with Gasteiger partial charge in [0.2, 0.25) is 0 Å². The second kappa shape index (κ2) is 7.77. The molecule has 0 saturated heterocycles. The first-order valence-electron chi connectivity index (χ1n) is 8.30. The summed E-state index contributed by atoms with van der Waals surface area (Å²) in [4.78, 5) is 13.1. The molecule has 1 atom stereocenters. The van der Waals surface area contributed by atoms with Crippen molar-refractivity contribution in [3.05, 3.63) is 101 Å². The number of ketones is 1. The summed E-state index contributed by atoms with van der Waals surface area (Å²) in [5.41, 5.74) is 3.56. The number of carbonyl (C=O) groups excluding carboxylic acids is 1. The van der Waals surface area contributed by atoms with Gasteiger partial charge in [0.05, 0.1) is 6.04 Å². The smallest absolute Gasteiger partial charge is 0.184 e. The molecular formula is C22H21NO2. The molecule has 0 saturated carbocycles. The Kier molecular flexibility index (Phi) is 5.26. The summed E-state index contributed by atoms with van der Waals surface area (Å²) in [6.07, 6.45) is 0. The van der Waals surface area contributed by atoms with Gasteiger partial charge in [-0.2, -0.15) is 0 Å². The largest absolute Gasteiger partial charge is 0.508 e. The molecule has 1 unspecified atom stereocenters. The Morgan fingerprint density at radius 3 is 2.44 bits per heavy atom. The molecule has 0 aliphatic carbocycles. The van der Waals surface area contributed by atoms with Gasteiger partial charge >= 0.3 is 0 Å². The third-order valence-corrected chi connectivity index (χ3v) is 4.12. The van der Waals surface area contributed by atoms with Crippen LogP contribution in [0.4, 0.5) is 0 Å². The summed E-state index contributed by atoms with van der Waals surface area (Å²) in [5.74, 6) is 0.145. The van der Waals surface area contributed by atoms with Crippen molar-refractivity contribution >= 4 is 5.78 Å². The minimum absolute atomic E-state index is 0.00905. The Bertz CT molecular complexity index is 859. The molecule has 0 radical (unpaired) electrons. The van der Waals surface area contributed by atoms with Crippen molar-refractivity contribution < 1.29 is 9.90 Å². The van der Waals surface area contributed by atoms with Gasteiger partial charge in [0, 0.05) is 12.1 Å². The molecule has 3 rings (SSSR count). The van der Waals surface area contributed by atoms with Crippen molar-refractivity contribution in [2.75, 3.05) is 0 Å². The highest BCUT2D eigenvalue weighted by Crippen LogP contribution is 2.23. The van der Waals surface area contributed by atoms with E-state index in [0.717, 1.165) is 16.7 Å². The Morgan fingerprint density at radius 2 is 1.72 bits per heavy atom. The lowest BCUT2D eigenvalue weighted by molar-refractivity contribution is 0.0942. The van der Waals surface area contributed by atoms with E-state index >= 15 is 0 Å². The molecule has 3 aromatic rings. The van der Waals surface area contributed by atoms with Crippen LogP contribution in [0.5, 0.6) is 5.75 Å². The number of carbonyl (C=O) groups is 1. The fourth-order valence-electron chi connectivity index (χ4n) is 2.85. The average Bonchev–Trinajstić information content (AvgIpc) is 2.63. The van der Waals surface area contributed by atoms with Crippen LogP contribution in [0.3, 0.4) is 0 Å². The zero-order valence-corrected chi connectivity index (χ0v) is 14.1. The summed E-state index contributed by atoms with van der Waals surface area (Å²) in [7, 11) is 0. The van der Waals surface area contributed by atoms with E-state index in [1.807, 2.05) is 67.6 Å². The van der Waals surface area contributed by atoms with Gasteiger partial charge in [-0.3, -0.25) is 10.1 Å². The maximum Gasteiger partial charge on any atom is 0.184 e. The van der Waals surface area contributed by atoms with Gasteiger partial charge in [0.1, 0.15) is 5.75 Å². The second-order valence-electron chi connectivity index (χ2n) is 6.13. The van der Waals surface area contributed by atoms with Crippen molar-refractivity contribution in [2.45, 2.75) is 19.5 Å². The number of rotatable bonds is 6. The third-order valence-electron chi connectivity index (χ3n) is 4.12. The predicted octanol–water partition coefficient (Wildman–Crippen LogP) is 4.41. The van der Waals surface area contributed by atoms with Gasteiger partial charge < -0.3 is 5.11 Å². The monoisotopic (exact) mass is 331 g/mol. The molecule has 0 aliphatic rings. The molecule has 0 aromatic heterocycles. The maximum absolute atomic E-state index is 13.1. The lowest BCUT2D eigenvalue weighted by Crippen LogP contribution is -2.28. The van der Waals surface area contributed by atoms with E-state index in [-0.39, 0.29) is 11.5 Å². The second-order valence-corrected chi connectivity index (χ2v) is 6.13. The van der Waals surface area contributed by atoms with Gasteiger partial charge in [-0.25, -0.2) is 0 Å². The maximum atomic E-state index is 13.1. The molecule has 0 heterocycles. The number of hydrogen-bond donors (Lipinski definition) is 2. The van der Waals surface area contributed by atoms with Crippen LogP contribution in [-0.4, -0.2) is 10.9 Å². The fourth-order valence-corrected chi connectivity index (χ4v) is 2.85. The van der Waals surface area contributed by atoms with Crippen LogP contribution in [0.15, 0.2) is 78.9 Å². The Balaban J connectivity index is 1.89. The van der Waals surface area contributed by atoms with E-state index < -0.39 is 6.04 Å². The van der Waals surface area contributed by atoms with E-state index in [4.69, 9.17) is 0 Å². The number of Topliss-reactive ketones (excluding diaryl/α,β-unsaturated/α-hetero) is 1. The van der Waals surface area contributed by atoms with Gasteiger partial charge in [0.15, 0.2) is 5.78 Å². The van der Waals surface area contributed by atoms with Crippen molar-refractivity contribution in [2.24, 2.45) is 0 Å². The van der Waals surface area contributed by atoms with Crippen molar-refractivity contribution in [1.29, 1.82) is 0 Å². The van der Waals surface area contributed by atoms with Crippen molar-refractivity contribution in [3.63, 3.8) is 0 Å².